The molecule has 3 rings (SSSR count). The van der Waals surface area contributed by atoms with Crippen molar-refractivity contribution in [1.29, 1.82) is 0 Å². The van der Waals surface area contributed by atoms with E-state index in [1.807, 2.05) is 0 Å². The van der Waals surface area contributed by atoms with E-state index in [1.165, 1.54) is 27.5 Å². The van der Waals surface area contributed by atoms with Gasteiger partial charge in [0.25, 0.3) is 0 Å². The van der Waals surface area contributed by atoms with Crippen LogP contribution in [0, 0.1) is 0 Å². The molecule has 3 aromatic rings. The Balaban J connectivity index is 1.65. The highest BCUT2D eigenvalue weighted by Crippen LogP contribution is 2.22. The zero-order chi connectivity index (χ0) is 16.3. The predicted octanol–water partition coefficient (Wildman–Crippen LogP) is 5.43. The molecule has 0 unspecified atom stereocenters. The first-order valence-corrected chi connectivity index (χ1v) is 8.31. The summed E-state index contributed by atoms with van der Waals surface area (Å²) in [4.78, 5) is 0. The molecule has 0 saturated heterocycles. The molecule has 0 radical (unpaired) electrons. The van der Waals surface area contributed by atoms with Gasteiger partial charge in [0.1, 0.15) is 0 Å². The van der Waals surface area contributed by atoms with Crippen molar-refractivity contribution in [3.05, 3.63) is 83.4 Å². The van der Waals surface area contributed by atoms with Gasteiger partial charge in [-0.3, -0.25) is 0 Å². The summed E-state index contributed by atoms with van der Waals surface area (Å²) in [5.41, 5.74) is 4.29. The van der Waals surface area contributed by atoms with Gasteiger partial charge in [-0.25, -0.2) is 0 Å². The summed E-state index contributed by atoms with van der Waals surface area (Å²) in [6, 6.07) is 24.0. The van der Waals surface area contributed by atoms with Crippen LogP contribution in [-0.4, -0.2) is 0 Å². The molecule has 1 nitrogen and oxygen atoms in total. The highest BCUT2D eigenvalue weighted by atomic mass is 14.8. The fraction of sp³-hybridized carbons (Fsp3) is 0.273. The lowest BCUT2D eigenvalue weighted by atomic mass is 9.87. The second-order valence-corrected chi connectivity index (χ2v) is 7.19. The first-order valence-electron chi connectivity index (χ1n) is 8.31. The van der Waals surface area contributed by atoms with Crippen LogP contribution in [0.25, 0.3) is 10.8 Å². The predicted molar refractivity (Wildman–Crippen MR) is 99.6 cm³/mol. The molecule has 1 N–H and O–H groups in total. The monoisotopic (exact) mass is 303 g/mol. The molecule has 0 saturated carbocycles. The second-order valence-electron chi connectivity index (χ2n) is 7.19. The third kappa shape index (κ3) is 3.80. The number of rotatable bonds is 4. The number of nitrogens with one attached hydrogen (secondary N) is 1. The van der Waals surface area contributed by atoms with Crippen LogP contribution in [0.5, 0.6) is 0 Å². The van der Waals surface area contributed by atoms with Crippen LogP contribution >= 0.6 is 0 Å². The molecule has 0 amide bonds. The van der Waals surface area contributed by atoms with E-state index >= 15 is 0 Å². The minimum atomic E-state index is 0.217. The Kier molecular flexibility index (Phi) is 4.49. The van der Waals surface area contributed by atoms with Crippen molar-refractivity contribution in [2.75, 3.05) is 0 Å². The molecule has 0 aliphatic heterocycles. The Bertz CT molecular complexity index is 774. The summed E-state index contributed by atoms with van der Waals surface area (Å²) in [6.45, 7) is 8.54. The van der Waals surface area contributed by atoms with E-state index < -0.39 is 0 Å². The average molecular weight is 303 g/mol. The van der Waals surface area contributed by atoms with Crippen LogP contribution in [0.3, 0.4) is 0 Å². The molecule has 0 heterocycles. The second kappa shape index (κ2) is 6.55. The molecule has 0 atom stereocenters. The summed E-state index contributed by atoms with van der Waals surface area (Å²) in [6.07, 6.45) is 0. The van der Waals surface area contributed by atoms with Gasteiger partial charge >= 0.3 is 0 Å². The van der Waals surface area contributed by atoms with Gasteiger partial charge in [-0.05, 0) is 32.9 Å². The minimum absolute atomic E-state index is 0.217. The van der Waals surface area contributed by atoms with Crippen LogP contribution in [-0.2, 0) is 18.5 Å². The Labute approximate surface area is 139 Å². The van der Waals surface area contributed by atoms with E-state index in [-0.39, 0.29) is 5.41 Å². The molecule has 1 heteroatoms. The van der Waals surface area contributed by atoms with Gasteiger partial charge < -0.3 is 5.32 Å². The van der Waals surface area contributed by atoms with E-state index in [4.69, 9.17) is 0 Å². The van der Waals surface area contributed by atoms with E-state index in [2.05, 4.69) is 92.8 Å². The largest absolute Gasteiger partial charge is 0.309 e. The maximum atomic E-state index is 3.57. The number of fused-ring (bicyclic) bond motifs is 1. The molecular weight excluding hydrogens is 278 g/mol. The third-order valence-electron chi connectivity index (χ3n) is 4.34. The van der Waals surface area contributed by atoms with Crippen molar-refractivity contribution in [3.63, 3.8) is 0 Å². The zero-order valence-corrected chi connectivity index (χ0v) is 14.3. The molecule has 0 aromatic heterocycles. The van der Waals surface area contributed by atoms with Gasteiger partial charge in [-0.15, -0.1) is 0 Å². The Hall–Kier alpha value is -2.12. The lowest BCUT2D eigenvalue weighted by Crippen LogP contribution is -2.14. The fourth-order valence-corrected chi connectivity index (χ4v) is 2.91. The standard InChI is InChI=1S/C22H25N/c1-22(2,3)20-13-11-17(12-14-20)15-23-16-19-9-6-8-18-7-4-5-10-21(18)19/h4-14,23H,15-16H2,1-3H3. The van der Waals surface area contributed by atoms with Crippen LogP contribution < -0.4 is 5.32 Å². The van der Waals surface area contributed by atoms with E-state index in [9.17, 15) is 0 Å². The van der Waals surface area contributed by atoms with Gasteiger partial charge in [0.05, 0.1) is 0 Å². The SMILES string of the molecule is CC(C)(C)c1ccc(CNCc2cccc3ccccc23)cc1. The maximum absolute atomic E-state index is 3.57. The van der Waals surface area contributed by atoms with Gasteiger partial charge in [0, 0.05) is 13.1 Å². The fourth-order valence-electron chi connectivity index (χ4n) is 2.91. The van der Waals surface area contributed by atoms with Gasteiger partial charge in [0.2, 0.25) is 0 Å². The first-order chi connectivity index (χ1) is 11.0. The highest BCUT2D eigenvalue weighted by molar-refractivity contribution is 5.85. The molecule has 0 fully saturated rings. The molecular formula is C22H25N. The van der Waals surface area contributed by atoms with E-state index in [0.29, 0.717) is 0 Å². The molecule has 0 bridgehead atoms. The summed E-state index contributed by atoms with van der Waals surface area (Å²) in [7, 11) is 0. The Morgan fingerprint density at radius 1 is 0.739 bits per heavy atom. The number of hydrogen-bond donors (Lipinski definition) is 1. The van der Waals surface area contributed by atoms with Gasteiger partial charge in [0.15, 0.2) is 0 Å². The molecule has 118 valence electrons. The summed E-state index contributed by atoms with van der Waals surface area (Å²) >= 11 is 0. The first kappa shape index (κ1) is 15.8. The zero-order valence-electron chi connectivity index (χ0n) is 14.3. The van der Waals surface area contributed by atoms with Crippen molar-refractivity contribution in [2.24, 2.45) is 0 Å². The Morgan fingerprint density at radius 2 is 1.43 bits per heavy atom. The van der Waals surface area contributed by atoms with E-state index in [0.717, 1.165) is 13.1 Å². The summed E-state index contributed by atoms with van der Waals surface area (Å²) in [5, 5.41) is 6.21. The van der Waals surface area contributed by atoms with Crippen molar-refractivity contribution in [1.82, 2.24) is 5.32 Å². The maximum Gasteiger partial charge on any atom is 0.0214 e. The van der Waals surface area contributed by atoms with Crippen LogP contribution in [0.1, 0.15) is 37.5 Å². The van der Waals surface area contributed by atoms with Gasteiger partial charge in [-0.2, -0.15) is 0 Å². The highest BCUT2D eigenvalue weighted by Gasteiger charge is 2.12. The summed E-state index contributed by atoms with van der Waals surface area (Å²) in [5.74, 6) is 0. The quantitative estimate of drug-likeness (QED) is 0.678. The Morgan fingerprint density at radius 3 is 2.17 bits per heavy atom. The average Bonchev–Trinajstić information content (AvgIpc) is 2.55. The topological polar surface area (TPSA) is 12.0 Å². The van der Waals surface area contributed by atoms with Crippen LogP contribution in [0.2, 0.25) is 0 Å². The molecule has 3 aromatic carbocycles. The number of benzene rings is 3. The molecule has 0 aliphatic rings. The van der Waals surface area contributed by atoms with Crippen LogP contribution in [0.4, 0.5) is 0 Å². The van der Waals surface area contributed by atoms with Gasteiger partial charge in [-0.1, -0.05) is 87.5 Å². The molecule has 0 spiro atoms. The minimum Gasteiger partial charge on any atom is -0.309 e. The smallest absolute Gasteiger partial charge is 0.0214 e. The van der Waals surface area contributed by atoms with Crippen molar-refractivity contribution in [3.8, 4) is 0 Å². The molecule has 23 heavy (non-hydrogen) atoms. The lowest BCUT2D eigenvalue weighted by Gasteiger charge is -2.19. The van der Waals surface area contributed by atoms with E-state index in [1.54, 1.807) is 0 Å². The van der Waals surface area contributed by atoms with Crippen molar-refractivity contribution < 1.29 is 0 Å². The summed E-state index contributed by atoms with van der Waals surface area (Å²) < 4.78 is 0. The van der Waals surface area contributed by atoms with Crippen molar-refractivity contribution in [2.45, 2.75) is 39.3 Å². The normalized spacial score (nSPS) is 11.8. The van der Waals surface area contributed by atoms with Crippen molar-refractivity contribution >= 4 is 10.8 Å². The third-order valence-corrected chi connectivity index (χ3v) is 4.34. The lowest BCUT2D eigenvalue weighted by molar-refractivity contribution is 0.589. The number of hydrogen-bond acceptors (Lipinski definition) is 1. The molecule has 0 aliphatic carbocycles. The van der Waals surface area contributed by atoms with Crippen LogP contribution in [0.15, 0.2) is 66.7 Å².